The van der Waals surface area contributed by atoms with Crippen LogP contribution in [0.4, 0.5) is 17.1 Å². The molecular formula is C54H33NO2S. The van der Waals surface area contributed by atoms with Gasteiger partial charge in [0.05, 0.1) is 16.8 Å². The quantitative estimate of drug-likeness (QED) is 0.169. The Kier molecular flexibility index (Phi) is 7.40. The molecule has 0 aliphatic heterocycles. The molecule has 0 spiro atoms. The highest BCUT2D eigenvalue weighted by Crippen LogP contribution is 2.51. The van der Waals surface area contributed by atoms with Crippen molar-refractivity contribution in [3.8, 4) is 33.4 Å². The lowest BCUT2D eigenvalue weighted by Crippen LogP contribution is -2.11. The van der Waals surface area contributed by atoms with Crippen molar-refractivity contribution >= 4 is 92.4 Å². The Balaban J connectivity index is 1.20. The van der Waals surface area contributed by atoms with Crippen LogP contribution in [-0.2, 0) is 0 Å². The van der Waals surface area contributed by atoms with Gasteiger partial charge in [0, 0.05) is 47.6 Å². The first-order chi connectivity index (χ1) is 28.8. The zero-order chi connectivity index (χ0) is 38.2. The Bertz CT molecular complexity index is 3510. The highest BCUT2D eigenvalue weighted by atomic mass is 32.1. The summed E-state index contributed by atoms with van der Waals surface area (Å²) >= 11 is 1.85. The maximum Gasteiger partial charge on any atom is 0.145 e. The molecule has 3 aromatic heterocycles. The number of hydrogen-bond donors (Lipinski definition) is 0. The molecule has 12 rings (SSSR count). The molecule has 0 radical (unpaired) electrons. The average Bonchev–Trinajstić information content (AvgIpc) is 3.99. The van der Waals surface area contributed by atoms with Gasteiger partial charge in [-0.05, 0) is 94.5 Å². The smallest absolute Gasteiger partial charge is 0.145 e. The minimum Gasteiger partial charge on any atom is -0.456 e. The molecule has 0 saturated heterocycles. The monoisotopic (exact) mass is 759 g/mol. The predicted molar refractivity (Wildman–Crippen MR) is 245 cm³/mol. The first-order valence-electron chi connectivity index (χ1n) is 19.6. The molecule has 0 saturated carbocycles. The summed E-state index contributed by atoms with van der Waals surface area (Å²) in [5.74, 6) is 0. The van der Waals surface area contributed by atoms with E-state index in [2.05, 4.69) is 193 Å². The third-order valence-corrected chi connectivity index (χ3v) is 12.6. The second kappa shape index (κ2) is 13.1. The van der Waals surface area contributed by atoms with Crippen LogP contribution < -0.4 is 4.90 Å². The Morgan fingerprint density at radius 1 is 0.345 bits per heavy atom. The molecule has 12 aromatic rings. The van der Waals surface area contributed by atoms with Crippen LogP contribution in [0.15, 0.2) is 209 Å². The minimum atomic E-state index is 0.850. The molecule has 0 fully saturated rings. The molecule has 272 valence electrons. The zero-order valence-corrected chi connectivity index (χ0v) is 32.0. The summed E-state index contributed by atoms with van der Waals surface area (Å²) in [5.41, 5.74) is 13.5. The van der Waals surface area contributed by atoms with E-state index < -0.39 is 0 Å². The first-order valence-corrected chi connectivity index (χ1v) is 20.4. The van der Waals surface area contributed by atoms with Crippen LogP contribution in [0.25, 0.3) is 97.4 Å². The van der Waals surface area contributed by atoms with Crippen molar-refractivity contribution in [3.63, 3.8) is 0 Å². The van der Waals surface area contributed by atoms with Crippen LogP contribution in [-0.4, -0.2) is 0 Å². The lowest BCUT2D eigenvalue weighted by atomic mass is 9.97. The fourth-order valence-corrected chi connectivity index (χ4v) is 10.0. The second-order valence-corrected chi connectivity index (χ2v) is 15.9. The van der Waals surface area contributed by atoms with E-state index in [0.29, 0.717) is 0 Å². The Hall–Kier alpha value is -7.40. The van der Waals surface area contributed by atoms with E-state index in [-0.39, 0.29) is 0 Å². The number of benzene rings is 9. The standard InChI is InChI=1S/C54H33NO2S/c1-4-14-34(15-5-1)37-26-28-42-48(32-37)57-54-40(36-18-8-3-9-19-36)29-30-45(51(42)54)55(38-27-31-47-43(33-38)41-20-10-11-23-46(41)56-47)44-22-13-25-50-53(44)52-39(21-12-24-49(52)58-50)35-16-6-2-7-17-35/h1-33H. The maximum absolute atomic E-state index is 7.06. The van der Waals surface area contributed by atoms with Gasteiger partial charge in [0.15, 0.2) is 0 Å². The fourth-order valence-electron chi connectivity index (χ4n) is 8.86. The number of anilines is 3. The van der Waals surface area contributed by atoms with Crippen LogP contribution in [0.5, 0.6) is 0 Å². The van der Waals surface area contributed by atoms with Crippen LogP contribution in [0.1, 0.15) is 0 Å². The summed E-state index contributed by atoms with van der Waals surface area (Å²) in [6.45, 7) is 0. The third kappa shape index (κ3) is 5.12. The number of fused-ring (bicyclic) bond motifs is 9. The van der Waals surface area contributed by atoms with Gasteiger partial charge < -0.3 is 13.7 Å². The number of nitrogens with zero attached hydrogens (tertiary/aromatic N) is 1. The molecule has 0 N–H and O–H groups in total. The van der Waals surface area contributed by atoms with E-state index in [1.54, 1.807) is 0 Å². The van der Waals surface area contributed by atoms with Gasteiger partial charge in [-0.1, -0.05) is 133 Å². The topological polar surface area (TPSA) is 29.5 Å². The largest absolute Gasteiger partial charge is 0.456 e. The zero-order valence-electron chi connectivity index (χ0n) is 31.2. The molecule has 3 nitrogen and oxygen atoms in total. The minimum absolute atomic E-state index is 0.850. The van der Waals surface area contributed by atoms with E-state index in [9.17, 15) is 0 Å². The van der Waals surface area contributed by atoms with Crippen LogP contribution in [0.3, 0.4) is 0 Å². The lowest BCUT2D eigenvalue weighted by molar-refractivity contribution is 0.669. The van der Waals surface area contributed by atoms with Crippen molar-refractivity contribution in [1.82, 2.24) is 0 Å². The van der Waals surface area contributed by atoms with Gasteiger partial charge in [0.25, 0.3) is 0 Å². The Morgan fingerprint density at radius 2 is 1.00 bits per heavy atom. The maximum atomic E-state index is 7.06. The van der Waals surface area contributed by atoms with Crippen LogP contribution in [0.2, 0.25) is 0 Å². The van der Waals surface area contributed by atoms with Gasteiger partial charge in [-0.2, -0.15) is 0 Å². The summed E-state index contributed by atoms with van der Waals surface area (Å²) in [5, 5.41) is 6.77. The molecular weight excluding hydrogens is 727 g/mol. The summed E-state index contributed by atoms with van der Waals surface area (Å²) in [6, 6.07) is 71.4. The number of hydrogen-bond acceptors (Lipinski definition) is 4. The lowest BCUT2D eigenvalue weighted by Gasteiger charge is -2.28. The van der Waals surface area contributed by atoms with Gasteiger partial charge >= 0.3 is 0 Å². The third-order valence-electron chi connectivity index (χ3n) is 11.5. The summed E-state index contributed by atoms with van der Waals surface area (Å²) in [6.07, 6.45) is 0. The van der Waals surface area contributed by atoms with E-state index in [4.69, 9.17) is 8.83 Å². The number of thiophene rings is 1. The predicted octanol–water partition coefficient (Wildman–Crippen LogP) is 16.3. The molecule has 0 bridgehead atoms. The van der Waals surface area contributed by atoms with Gasteiger partial charge in [-0.25, -0.2) is 0 Å². The van der Waals surface area contributed by atoms with Gasteiger partial charge in [-0.15, -0.1) is 11.3 Å². The molecule has 9 aromatic carbocycles. The van der Waals surface area contributed by atoms with Gasteiger partial charge in [0.1, 0.15) is 22.3 Å². The van der Waals surface area contributed by atoms with E-state index in [0.717, 1.165) is 83.2 Å². The Labute approximate surface area is 338 Å². The first kappa shape index (κ1) is 32.8. The summed E-state index contributed by atoms with van der Waals surface area (Å²) in [7, 11) is 0. The summed E-state index contributed by atoms with van der Waals surface area (Å²) in [4.78, 5) is 2.45. The average molecular weight is 760 g/mol. The number of para-hydroxylation sites is 1. The number of furan rings is 2. The fraction of sp³-hybridized carbons (Fsp3) is 0. The SMILES string of the molecule is c1ccc(-c2ccc3c(c2)oc2c(-c4ccccc4)ccc(N(c4ccc5oc6ccccc6c5c4)c4cccc5sc6cccc(-c7ccccc7)c6c45)c23)cc1. The van der Waals surface area contributed by atoms with Crippen molar-refractivity contribution in [2.75, 3.05) is 4.90 Å². The molecule has 0 unspecified atom stereocenters. The second-order valence-electron chi connectivity index (χ2n) is 14.8. The van der Waals surface area contributed by atoms with E-state index >= 15 is 0 Å². The van der Waals surface area contributed by atoms with Crippen molar-refractivity contribution < 1.29 is 8.83 Å². The molecule has 0 amide bonds. The van der Waals surface area contributed by atoms with Crippen molar-refractivity contribution in [3.05, 3.63) is 200 Å². The van der Waals surface area contributed by atoms with Gasteiger partial charge in [-0.3, -0.25) is 0 Å². The van der Waals surface area contributed by atoms with E-state index in [1.807, 2.05) is 23.5 Å². The van der Waals surface area contributed by atoms with Crippen LogP contribution >= 0.6 is 11.3 Å². The highest BCUT2D eigenvalue weighted by molar-refractivity contribution is 7.26. The summed E-state index contributed by atoms with van der Waals surface area (Å²) < 4.78 is 15.9. The van der Waals surface area contributed by atoms with Crippen molar-refractivity contribution in [2.45, 2.75) is 0 Å². The molecule has 0 aliphatic rings. The van der Waals surface area contributed by atoms with Crippen molar-refractivity contribution in [1.29, 1.82) is 0 Å². The van der Waals surface area contributed by atoms with E-state index in [1.165, 1.54) is 31.3 Å². The highest BCUT2D eigenvalue weighted by Gasteiger charge is 2.26. The molecule has 0 aliphatic carbocycles. The molecule has 58 heavy (non-hydrogen) atoms. The molecule has 4 heteroatoms. The normalized spacial score (nSPS) is 11.8. The molecule has 3 heterocycles. The Morgan fingerprint density at radius 3 is 1.79 bits per heavy atom. The van der Waals surface area contributed by atoms with Crippen molar-refractivity contribution in [2.24, 2.45) is 0 Å². The van der Waals surface area contributed by atoms with Crippen LogP contribution in [0, 0.1) is 0 Å². The molecule has 0 atom stereocenters. The number of rotatable bonds is 6. The van der Waals surface area contributed by atoms with Gasteiger partial charge in [0.2, 0.25) is 0 Å².